The van der Waals surface area contributed by atoms with Gasteiger partial charge in [0.2, 0.25) is 0 Å². The van der Waals surface area contributed by atoms with Crippen molar-refractivity contribution in [2.45, 2.75) is 19.1 Å². The van der Waals surface area contributed by atoms with Crippen LogP contribution in [0.1, 0.15) is 12.0 Å². The van der Waals surface area contributed by atoms with Gasteiger partial charge in [-0.1, -0.05) is 6.07 Å². The van der Waals surface area contributed by atoms with E-state index in [2.05, 4.69) is 4.90 Å². The number of nitrogens with two attached hydrogens (primary N) is 1. The van der Waals surface area contributed by atoms with Gasteiger partial charge in [-0.3, -0.25) is 0 Å². The fraction of sp³-hybridized carbons (Fsp3) is 0.500. The van der Waals surface area contributed by atoms with Crippen LogP contribution in [0.4, 0.5) is 4.39 Å². The monoisotopic (exact) mass is 224 g/mol. The van der Waals surface area contributed by atoms with E-state index < -0.39 is 0 Å². The van der Waals surface area contributed by atoms with E-state index in [0.29, 0.717) is 12.3 Å². The molecular weight excluding hydrogens is 207 g/mol. The number of hydrogen-bond acceptors (Lipinski definition) is 3. The molecule has 0 spiro atoms. The number of likely N-dealkylation sites (N-methyl/N-ethyl adjacent to an activating group) is 1. The molecule has 1 fully saturated rings. The second kappa shape index (κ2) is 4.80. The van der Waals surface area contributed by atoms with Crippen molar-refractivity contribution in [1.82, 2.24) is 4.90 Å². The zero-order chi connectivity index (χ0) is 11.5. The van der Waals surface area contributed by atoms with Crippen LogP contribution in [-0.4, -0.2) is 31.1 Å². The summed E-state index contributed by atoms with van der Waals surface area (Å²) in [6.45, 7) is 2.22. The Morgan fingerprint density at radius 2 is 2.38 bits per heavy atom. The van der Waals surface area contributed by atoms with Crippen molar-refractivity contribution in [3.8, 4) is 5.75 Å². The van der Waals surface area contributed by atoms with E-state index in [0.717, 1.165) is 25.1 Å². The Morgan fingerprint density at radius 3 is 2.94 bits per heavy atom. The Labute approximate surface area is 95.0 Å². The second-order valence-corrected chi connectivity index (χ2v) is 4.26. The van der Waals surface area contributed by atoms with Crippen LogP contribution in [-0.2, 0) is 6.54 Å². The molecule has 4 heteroatoms. The Bertz CT molecular complexity index is 370. The standard InChI is InChI=1S/C12H17FN2O/c1-15-5-4-10(8-15)16-12-3-2-9(7-14)6-11(12)13/h2-3,6,10H,4-5,7-8,14H2,1H3. The molecule has 0 aromatic heterocycles. The van der Waals surface area contributed by atoms with E-state index in [1.54, 1.807) is 12.1 Å². The van der Waals surface area contributed by atoms with Crippen molar-refractivity contribution < 1.29 is 9.13 Å². The van der Waals surface area contributed by atoms with E-state index in [9.17, 15) is 4.39 Å². The topological polar surface area (TPSA) is 38.5 Å². The Balaban J connectivity index is 2.04. The van der Waals surface area contributed by atoms with Crippen LogP contribution in [0.5, 0.6) is 5.75 Å². The third kappa shape index (κ3) is 2.51. The highest BCUT2D eigenvalue weighted by Gasteiger charge is 2.21. The second-order valence-electron chi connectivity index (χ2n) is 4.26. The van der Waals surface area contributed by atoms with Crippen LogP contribution < -0.4 is 10.5 Å². The predicted molar refractivity (Wildman–Crippen MR) is 60.8 cm³/mol. The molecule has 1 saturated heterocycles. The molecule has 0 amide bonds. The minimum Gasteiger partial charge on any atom is -0.486 e. The first kappa shape index (κ1) is 11.4. The molecule has 0 aliphatic carbocycles. The van der Waals surface area contributed by atoms with Crippen molar-refractivity contribution in [3.05, 3.63) is 29.6 Å². The van der Waals surface area contributed by atoms with Gasteiger partial charge in [-0.15, -0.1) is 0 Å². The van der Waals surface area contributed by atoms with Crippen LogP contribution in [0.15, 0.2) is 18.2 Å². The first-order chi connectivity index (χ1) is 7.69. The molecule has 3 nitrogen and oxygen atoms in total. The SMILES string of the molecule is CN1CCC(Oc2ccc(CN)cc2F)C1. The summed E-state index contributed by atoms with van der Waals surface area (Å²) in [5.41, 5.74) is 6.22. The van der Waals surface area contributed by atoms with E-state index in [4.69, 9.17) is 10.5 Å². The van der Waals surface area contributed by atoms with Gasteiger partial charge in [-0.2, -0.15) is 0 Å². The maximum absolute atomic E-state index is 13.6. The van der Waals surface area contributed by atoms with Crippen LogP contribution in [0.3, 0.4) is 0 Å². The molecule has 0 bridgehead atoms. The zero-order valence-corrected chi connectivity index (χ0v) is 9.45. The van der Waals surface area contributed by atoms with Gasteiger partial charge >= 0.3 is 0 Å². The Hall–Kier alpha value is -1.13. The average Bonchev–Trinajstić information content (AvgIpc) is 2.67. The summed E-state index contributed by atoms with van der Waals surface area (Å²) >= 11 is 0. The molecule has 16 heavy (non-hydrogen) atoms. The summed E-state index contributed by atoms with van der Waals surface area (Å²) in [4.78, 5) is 2.18. The highest BCUT2D eigenvalue weighted by Crippen LogP contribution is 2.22. The average molecular weight is 224 g/mol. The van der Waals surface area contributed by atoms with E-state index in [1.807, 2.05) is 7.05 Å². The summed E-state index contributed by atoms with van der Waals surface area (Å²) < 4.78 is 19.2. The summed E-state index contributed by atoms with van der Waals surface area (Å²) in [5.74, 6) is 0.00926. The molecular formula is C12H17FN2O. The van der Waals surface area contributed by atoms with Crippen LogP contribution in [0, 0.1) is 5.82 Å². The Kier molecular flexibility index (Phi) is 3.41. The summed E-state index contributed by atoms with van der Waals surface area (Å²) in [6, 6.07) is 4.90. The lowest BCUT2D eigenvalue weighted by Crippen LogP contribution is -2.21. The number of likely N-dealkylation sites (tertiary alicyclic amines) is 1. The minimum atomic E-state index is -0.322. The van der Waals surface area contributed by atoms with Crippen LogP contribution in [0.25, 0.3) is 0 Å². The first-order valence-electron chi connectivity index (χ1n) is 5.52. The van der Waals surface area contributed by atoms with Crippen LogP contribution >= 0.6 is 0 Å². The van der Waals surface area contributed by atoms with Gasteiger partial charge in [0.25, 0.3) is 0 Å². The van der Waals surface area contributed by atoms with E-state index in [1.165, 1.54) is 6.07 Å². The van der Waals surface area contributed by atoms with E-state index in [-0.39, 0.29) is 11.9 Å². The van der Waals surface area contributed by atoms with Gasteiger partial charge < -0.3 is 15.4 Å². The number of rotatable bonds is 3. The fourth-order valence-corrected chi connectivity index (χ4v) is 1.94. The van der Waals surface area contributed by atoms with Gasteiger partial charge in [0.15, 0.2) is 11.6 Å². The van der Waals surface area contributed by atoms with Crippen molar-refractivity contribution in [1.29, 1.82) is 0 Å². The maximum atomic E-state index is 13.6. The summed E-state index contributed by atoms with van der Waals surface area (Å²) in [5, 5.41) is 0. The molecule has 88 valence electrons. The fourth-order valence-electron chi connectivity index (χ4n) is 1.94. The minimum absolute atomic E-state index is 0.100. The van der Waals surface area contributed by atoms with Crippen molar-refractivity contribution >= 4 is 0 Å². The molecule has 1 aromatic carbocycles. The normalized spacial score (nSPS) is 21.3. The molecule has 1 aliphatic heterocycles. The highest BCUT2D eigenvalue weighted by molar-refractivity contribution is 5.29. The van der Waals surface area contributed by atoms with Gasteiger partial charge in [-0.25, -0.2) is 4.39 Å². The molecule has 1 aromatic rings. The number of hydrogen-bond donors (Lipinski definition) is 1. The van der Waals surface area contributed by atoms with Gasteiger partial charge in [0.05, 0.1) is 0 Å². The highest BCUT2D eigenvalue weighted by atomic mass is 19.1. The van der Waals surface area contributed by atoms with Gasteiger partial charge in [0.1, 0.15) is 6.10 Å². The number of ether oxygens (including phenoxy) is 1. The van der Waals surface area contributed by atoms with Crippen molar-refractivity contribution in [2.75, 3.05) is 20.1 Å². The number of benzene rings is 1. The molecule has 0 radical (unpaired) electrons. The summed E-state index contributed by atoms with van der Waals surface area (Å²) in [6.07, 6.45) is 1.05. The molecule has 0 saturated carbocycles. The molecule has 2 N–H and O–H groups in total. The third-order valence-corrected chi connectivity index (χ3v) is 2.87. The quantitative estimate of drug-likeness (QED) is 0.842. The number of halogens is 1. The predicted octanol–water partition coefficient (Wildman–Crippen LogP) is 1.37. The lowest BCUT2D eigenvalue weighted by Gasteiger charge is -2.14. The maximum Gasteiger partial charge on any atom is 0.165 e. The lowest BCUT2D eigenvalue weighted by molar-refractivity contribution is 0.199. The summed E-state index contributed by atoms with van der Waals surface area (Å²) in [7, 11) is 2.04. The number of nitrogens with zero attached hydrogens (tertiary/aromatic N) is 1. The first-order valence-corrected chi connectivity index (χ1v) is 5.52. The van der Waals surface area contributed by atoms with Crippen molar-refractivity contribution in [3.63, 3.8) is 0 Å². The smallest absolute Gasteiger partial charge is 0.165 e. The molecule has 1 aliphatic rings. The largest absolute Gasteiger partial charge is 0.486 e. The molecule has 1 unspecified atom stereocenters. The van der Waals surface area contributed by atoms with Crippen LogP contribution in [0.2, 0.25) is 0 Å². The third-order valence-electron chi connectivity index (χ3n) is 2.87. The zero-order valence-electron chi connectivity index (χ0n) is 9.45. The Morgan fingerprint density at radius 1 is 1.56 bits per heavy atom. The lowest BCUT2D eigenvalue weighted by atomic mass is 10.2. The van der Waals surface area contributed by atoms with E-state index >= 15 is 0 Å². The molecule has 2 rings (SSSR count). The molecule has 1 heterocycles. The van der Waals surface area contributed by atoms with Gasteiger partial charge in [-0.05, 0) is 31.2 Å². The molecule has 1 atom stereocenters. The van der Waals surface area contributed by atoms with Gasteiger partial charge in [0, 0.05) is 19.6 Å². The van der Waals surface area contributed by atoms with Crippen molar-refractivity contribution in [2.24, 2.45) is 5.73 Å².